The summed E-state index contributed by atoms with van der Waals surface area (Å²) in [5.74, 6) is 0. The summed E-state index contributed by atoms with van der Waals surface area (Å²) in [6.45, 7) is 4.10. The van der Waals surface area contributed by atoms with E-state index in [1.807, 2.05) is 0 Å². The summed E-state index contributed by atoms with van der Waals surface area (Å²) < 4.78 is 3.46. The van der Waals surface area contributed by atoms with E-state index in [9.17, 15) is 0 Å². The van der Waals surface area contributed by atoms with Gasteiger partial charge in [-0.15, -0.1) is 0 Å². The van der Waals surface area contributed by atoms with Gasteiger partial charge in [-0.1, -0.05) is 41.1 Å². The molecule has 0 aliphatic carbocycles. The lowest BCUT2D eigenvalue weighted by molar-refractivity contribution is 0.754. The lowest BCUT2D eigenvalue weighted by Crippen LogP contribution is -2.10. The molecular formula is C18H19BrN2. The molecule has 3 heteroatoms. The first-order valence-corrected chi connectivity index (χ1v) is 8.13. The molecule has 1 heterocycles. The zero-order valence-corrected chi connectivity index (χ0v) is 13.7. The summed E-state index contributed by atoms with van der Waals surface area (Å²) in [4.78, 5) is 0. The minimum Gasteiger partial charge on any atom is -0.383 e. The van der Waals surface area contributed by atoms with Crippen molar-refractivity contribution in [3.63, 3.8) is 0 Å². The number of fused-ring (bicyclic) bond motifs is 1. The van der Waals surface area contributed by atoms with Crippen molar-refractivity contribution in [2.75, 3.05) is 11.9 Å². The number of anilines is 1. The molecule has 1 N–H and O–H groups in total. The third-order valence-corrected chi connectivity index (χ3v) is 4.31. The lowest BCUT2D eigenvalue weighted by Gasteiger charge is -2.11. The SMILES string of the molecule is CCc1cccc2ccn(CCNc3ccc(Br)cc3)c12. The van der Waals surface area contributed by atoms with Crippen LogP contribution in [0.3, 0.4) is 0 Å². The van der Waals surface area contributed by atoms with E-state index in [4.69, 9.17) is 0 Å². The van der Waals surface area contributed by atoms with E-state index >= 15 is 0 Å². The summed E-state index contributed by atoms with van der Waals surface area (Å²) in [6.07, 6.45) is 3.26. The van der Waals surface area contributed by atoms with Gasteiger partial charge in [-0.2, -0.15) is 0 Å². The molecule has 0 saturated carbocycles. The monoisotopic (exact) mass is 342 g/mol. The van der Waals surface area contributed by atoms with E-state index in [1.54, 1.807) is 0 Å². The van der Waals surface area contributed by atoms with Gasteiger partial charge in [-0.05, 0) is 47.7 Å². The van der Waals surface area contributed by atoms with Gasteiger partial charge in [0.25, 0.3) is 0 Å². The highest BCUT2D eigenvalue weighted by Gasteiger charge is 2.04. The van der Waals surface area contributed by atoms with Gasteiger partial charge in [0.15, 0.2) is 0 Å². The Morgan fingerprint density at radius 1 is 1.05 bits per heavy atom. The fraction of sp³-hybridized carbons (Fsp3) is 0.222. The summed E-state index contributed by atoms with van der Waals surface area (Å²) in [6, 6.07) is 17.1. The fourth-order valence-electron chi connectivity index (χ4n) is 2.70. The second-order valence-electron chi connectivity index (χ2n) is 5.15. The highest BCUT2D eigenvalue weighted by Crippen LogP contribution is 2.21. The number of para-hydroxylation sites is 1. The van der Waals surface area contributed by atoms with E-state index in [0.717, 1.165) is 29.7 Å². The van der Waals surface area contributed by atoms with Crippen LogP contribution in [0.5, 0.6) is 0 Å². The summed E-state index contributed by atoms with van der Waals surface area (Å²) in [5.41, 5.74) is 3.95. The van der Waals surface area contributed by atoms with Crippen LogP contribution in [0, 0.1) is 0 Å². The van der Waals surface area contributed by atoms with Crippen molar-refractivity contribution in [1.82, 2.24) is 4.57 Å². The minimum atomic E-state index is 0.920. The first-order chi connectivity index (χ1) is 10.3. The molecule has 3 rings (SSSR count). The third-order valence-electron chi connectivity index (χ3n) is 3.78. The average molecular weight is 343 g/mol. The van der Waals surface area contributed by atoms with Crippen molar-refractivity contribution >= 4 is 32.5 Å². The lowest BCUT2D eigenvalue weighted by atomic mass is 10.1. The molecule has 0 spiro atoms. The third kappa shape index (κ3) is 3.13. The molecule has 0 bridgehead atoms. The molecule has 0 aliphatic rings. The van der Waals surface area contributed by atoms with Gasteiger partial charge in [0, 0.05) is 29.4 Å². The molecule has 0 atom stereocenters. The first kappa shape index (κ1) is 14.2. The van der Waals surface area contributed by atoms with Crippen molar-refractivity contribution in [1.29, 1.82) is 0 Å². The number of nitrogens with one attached hydrogen (secondary N) is 1. The second-order valence-corrected chi connectivity index (χ2v) is 6.07. The Balaban J connectivity index is 1.72. The molecule has 0 fully saturated rings. The second kappa shape index (κ2) is 6.35. The number of aryl methyl sites for hydroxylation is 1. The molecule has 2 aromatic carbocycles. The van der Waals surface area contributed by atoms with Crippen molar-refractivity contribution in [3.8, 4) is 0 Å². The number of hydrogen-bond donors (Lipinski definition) is 1. The van der Waals surface area contributed by atoms with Gasteiger partial charge < -0.3 is 9.88 Å². The summed E-state index contributed by atoms with van der Waals surface area (Å²) in [5, 5.41) is 4.80. The quantitative estimate of drug-likeness (QED) is 0.684. The average Bonchev–Trinajstić information content (AvgIpc) is 2.93. The van der Waals surface area contributed by atoms with Crippen LogP contribution in [-0.4, -0.2) is 11.1 Å². The standard InChI is InChI=1S/C18H19BrN2/c1-2-14-4-3-5-15-10-12-21(18(14)15)13-11-20-17-8-6-16(19)7-9-17/h3-10,12,20H,2,11,13H2,1H3. The van der Waals surface area contributed by atoms with Gasteiger partial charge in [0.05, 0.1) is 5.52 Å². The van der Waals surface area contributed by atoms with Crippen molar-refractivity contribution in [2.24, 2.45) is 0 Å². The first-order valence-electron chi connectivity index (χ1n) is 7.34. The van der Waals surface area contributed by atoms with Crippen molar-refractivity contribution in [2.45, 2.75) is 19.9 Å². The van der Waals surface area contributed by atoms with Gasteiger partial charge in [0.1, 0.15) is 0 Å². The van der Waals surface area contributed by atoms with E-state index in [2.05, 4.69) is 87.5 Å². The van der Waals surface area contributed by atoms with Crippen molar-refractivity contribution in [3.05, 3.63) is 64.8 Å². The molecule has 3 aromatic rings. The van der Waals surface area contributed by atoms with E-state index < -0.39 is 0 Å². The van der Waals surface area contributed by atoms with Crippen LogP contribution in [0.1, 0.15) is 12.5 Å². The molecular weight excluding hydrogens is 324 g/mol. The molecule has 0 saturated heterocycles. The maximum Gasteiger partial charge on any atom is 0.0513 e. The zero-order chi connectivity index (χ0) is 14.7. The molecule has 2 nitrogen and oxygen atoms in total. The molecule has 108 valence electrons. The van der Waals surface area contributed by atoms with Gasteiger partial charge in [0.2, 0.25) is 0 Å². The topological polar surface area (TPSA) is 17.0 Å². The normalized spacial score (nSPS) is 11.0. The Morgan fingerprint density at radius 2 is 1.86 bits per heavy atom. The molecule has 1 aromatic heterocycles. The van der Waals surface area contributed by atoms with Crippen molar-refractivity contribution < 1.29 is 0 Å². The number of hydrogen-bond acceptors (Lipinski definition) is 1. The van der Waals surface area contributed by atoms with E-state index in [1.165, 1.54) is 16.5 Å². The van der Waals surface area contributed by atoms with Gasteiger partial charge >= 0.3 is 0 Å². The number of benzene rings is 2. The number of nitrogens with zero attached hydrogens (tertiary/aromatic N) is 1. The van der Waals surface area contributed by atoms with Crippen LogP contribution >= 0.6 is 15.9 Å². The highest BCUT2D eigenvalue weighted by atomic mass is 79.9. The summed E-state index contributed by atoms with van der Waals surface area (Å²) >= 11 is 3.46. The molecule has 0 amide bonds. The predicted octanol–water partition coefficient (Wildman–Crippen LogP) is 5.08. The Hall–Kier alpha value is -1.74. The van der Waals surface area contributed by atoms with E-state index in [0.29, 0.717) is 0 Å². The molecule has 0 unspecified atom stereocenters. The van der Waals surface area contributed by atoms with Crippen LogP contribution in [0.4, 0.5) is 5.69 Å². The maximum atomic E-state index is 3.47. The minimum absolute atomic E-state index is 0.920. The smallest absolute Gasteiger partial charge is 0.0513 e. The van der Waals surface area contributed by atoms with Crippen LogP contribution in [0.2, 0.25) is 0 Å². The Morgan fingerprint density at radius 3 is 2.62 bits per heavy atom. The van der Waals surface area contributed by atoms with Crippen LogP contribution in [0.15, 0.2) is 59.2 Å². The summed E-state index contributed by atoms with van der Waals surface area (Å²) in [7, 11) is 0. The molecule has 21 heavy (non-hydrogen) atoms. The van der Waals surface area contributed by atoms with Gasteiger partial charge in [-0.25, -0.2) is 0 Å². The number of aromatic nitrogens is 1. The van der Waals surface area contributed by atoms with Crippen LogP contribution in [-0.2, 0) is 13.0 Å². The number of rotatable bonds is 5. The van der Waals surface area contributed by atoms with E-state index in [-0.39, 0.29) is 0 Å². The molecule has 0 radical (unpaired) electrons. The molecule has 0 aliphatic heterocycles. The fourth-order valence-corrected chi connectivity index (χ4v) is 2.97. The van der Waals surface area contributed by atoms with Crippen LogP contribution < -0.4 is 5.32 Å². The Bertz CT molecular complexity index is 729. The largest absolute Gasteiger partial charge is 0.383 e. The zero-order valence-electron chi connectivity index (χ0n) is 12.1. The Labute approximate surface area is 133 Å². The number of halogens is 1. The highest BCUT2D eigenvalue weighted by molar-refractivity contribution is 9.10. The predicted molar refractivity (Wildman–Crippen MR) is 93.9 cm³/mol. The van der Waals surface area contributed by atoms with Gasteiger partial charge in [-0.3, -0.25) is 0 Å². The van der Waals surface area contributed by atoms with Crippen LogP contribution in [0.25, 0.3) is 10.9 Å². The maximum absolute atomic E-state index is 3.47. The Kier molecular flexibility index (Phi) is 4.30.